The molecule has 0 fully saturated rings. The molecule has 0 spiro atoms. The lowest BCUT2D eigenvalue weighted by Crippen LogP contribution is -2.23. The van der Waals surface area contributed by atoms with E-state index < -0.39 is 0 Å². The first kappa shape index (κ1) is 13.5. The fourth-order valence-corrected chi connectivity index (χ4v) is 1.51. The minimum absolute atomic E-state index is 0.101. The van der Waals surface area contributed by atoms with Gasteiger partial charge in [-0.25, -0.2) is 9.48 Å². The van der Waals surface area contributed by atoms with Gasteiger partial charge in [0.25, 0.3) is 0 Å². The largest absolute Gasteiger partial charge is 0.466 e. The van der Waals surface area contributed by atoms with E-state index in [0.29, 0.717) is 19.6 Å². The number of aromatic nitrogens is 3. The fourth-order valence-electron chi connectivity index (χ4n) is 1.51. The molecule has 0 saturated heterocycles. The number of aryl methyl sites for hydroxylation is 2. The number of carbonyl (C=O) groups excluding carboxylic acids is 1. The van der Waals surface area contributed by atoms with Crippen LogP contribution in [0.3, 0.4) is 0 Å². The van der Waals surface area contributed by atoms with Crippen LogP contribution in [0.25, 0.3) is 0 Å². The maximum absolute atomic E-state index is 11.4. The number of esters is 1. The van der Waals surface area contributed by atoms with E-state index in [4.69, 9.17) is 4.74 Å². The lowest BCUT2D eigenvalue weighted by atomic mass is 10.2. The molecular weight excluding hydrogens is 222 g/mol. The summed E-state index contributed by atoms with van der Waals surface area (Å²) in [7, 11) is 1.67. The third-order valence-corrected chi connectivity index (χ3v) is 2.44. The van der Waals surface area contributed by atoms with Crippen LogP contribution in [-0.4, -0.2) is 26.9 Å². The Hall–Kier alpha value is -1.59. The van der Waals surface area contributed by atoms with Crippen molar-refractivity contribution < 1.29 is 9.53 Å². The van der Waals surface area contributed by atoms with Crippen LogP contribution in [0, 0.1) is 0 Å². The van der Waals surface area contributed by atoms with Gasteiger partial charge in [0.1, 0.15) is 6.33 Å². The van der Waals surface area contributed by atoms with Gasteiger partial charge in [0.2, 0.25) is 0 Å². The van der Waals surface area contributed by atoms with Crippen molar-refractivity contribution >= 4 is 5.97 Å². The molecule has 0 aliphatic rings. The zero-order chi connectivity index (χ0) is 12.7. The van der Waals surface area contributed by atoms with Gasteiger partial charge in [-0.1, -0.05) is 6.42 Å². The highest BCUT2D eigenvalue weighted by molar-refractivity contribution is 5.69. The number of rotatable bonds is 7. The molecule has 1 rings (SSSR count). The summed E-state index contributed by atoms with van der Waals surface area (Å²) in [5, 5.41) is 3.95. The van der Waals surface area contributed by atoms with Gasteiger partial charge >= 0.3 is 11.7 Å². The zero-order valence-electron chi connectivity index (χ0n) is 10.4. The molecule has 1 heterocycles. The predicted molar refractivity (Wildman–Crippen MR) is 62.6 cm³/mol. The molecule has 0 bridgehead atoms. The van der Waals surface area contributed by atoms with E-state index in [9.17, 15) is 9.59 Å². The van der Waals surface area contributed by atoms with E-state index in [1.54, 1.807) is 14.0 Å². The minimum atomic E-state index is -0.150. The molecule has 6 heteroatoms. The van der Waals surface area contributed by atoms with E-state index in [0.717, 1.165) is 19.3 Å². The van der Waals surface area contributed by atoms with Gasteiger partial charge in [-0.05, 0) is 19.8 Å². The maximum Gasteiger partial charge on any atom is 0.345 e. The van der Waals surface area contributed by atoms with Crippen LogP contribution in [0.1, 0.15) is 32.6 Å². The topological polar surface area (TPSA) is 66.1 Å². The number of hydrogen-bond acceptors (Lipinski definition) is 4. The Labute approximate surface area is 100 Å². The Kier molecular flexibility index (Phi) is 5.45. The summed E-state index contributed by atoms with van der Waals surface area (Å²) in [6, 6.07) is 0. The zero-order valence-corrected chi connectivity index (χ0v) is 10.4. The highest BCUT2D eigenvalue weighted by Crippen LogP contribution is 2.02. The second kappa shape index (κ2) is 6.88. The average Bonchev–Trinajstić information content (AvgIpc) is 2.60. The fraction of sp³-hybridized carbons (Fsp3) is 0.727. The predicted octanol–water partition coefficient (Wildman–Crippen LogP) is 0.705. The lowest BCUT2D eigenvalue weighted by molar-refractivity contribution is -0.143. The van der Waals surface area contributed by atoms with Gasteiger partial charge in [-0.15, -0.1) is 0 Å². The van der Waals surface area contributed by atoms with Crippen LogP contribution in [0.15, 0.2) is 11.1 Å². The quantitative estimate of drug-likeness (QED) is 0.521. The van der Waals surface area contributed by atoms with Crippen molar-refractivity contribution in [3.8, 4) is 0 Å². The van der Waals surface area contributed by atoms with Crippen molar-refractivity contribution in [1.29, 1.82) is 0 Å². The first-order valence-corrected chi connectivity index (χ1v) is 5.89. The molecule has 0 saturated carbocycles. The Morgan fingerprint density at radius 2 is 2.18 bits per heavy atom. The van der Waals surface area contributed by atoms with Crippen LogP contribution in [-0.2, 0) is 23.1 Å². The summed E-state index contributed by atoms with van der Waals surface area (Å²) < 4.78 is 7.70. The first-order valence-electron chi connectivity index (χ1n) is 5.89. The first-order chi connectivity index (χ1) is 8.15. The molecule has 0 aromatic carbocycles. The Balaban J connectivity index is 2.15. The minimum Gasteiger partial charge on any atom is -0.466 e. The highest BCUT2D eigenvalue weighted by atomic mass is 16.5. The number of nitrogens with zero attached hydrogens (tertiary/aromatic N) is 3. The summed E-state index contributed by atoms with van der Waals surface area (Å²) in [6.07, 6.45) is 4.48. The smallest absolute Gasteiger partial charge is 0.345 e. The Morgan fingerprint density at radius 3 is 2.76 bits per heavy atom. The van der Waals surface area contributed by atoms with E-state index in [2.05, 4.69) is 5.10 Å². The van der Waals surface area contributed by atoms with Crippen LogP contribution in [0.2, 0.25) is 0 Å². The molecule has 1 aromatic heterocycles. The van der Waals surface area contributed by atoms with Crippen LogP contribution < -0.4 is 5.69 Å². The van der Waals surface area contributed by atoms with Gasteiger partial charge in [0, 0.05) is 20.0 Å². The summed E-state index contributed by atoms with van der Waals surface area (Å²) in [5.41, 5.74) is -0.101. The normalized spacial score (nSPS) is 10.5. The SMILES string of the molecule is CCOC(=O)CCCCCn1ncn(C)c1=O. The Morgan fingerprint density at radius 1 is 1.41 bits per heavy atom. The second-order valence-electron chi connectivity index (χ2n) is 3.86. The molecule has 0 aliphatic heterocycles. The maximum atomic E-state index is 11.4. The standard InChI is InChI=1S/C11H19N3O3/c1-3-17-10(15)7-5-4-6-8-14-11(16)13(2)9-12-14/h9H,3-8H2,1-2H3. The van der Waals surface area contributed by atoms with Gasteiger partial charge in [0.15, 0.2) is 0 Å². The molecule has 0 atom stereocenters. The number of ether oxygens (including phenoxy) is 1. The summed E-state index contributed by atoms with van der Waals surface area (Å²) in [4.78, 5) is 22.5. The molecule has 96 valence electrons. The van der Waals surface area contributed by atoms with E-state index in [1.165, 1.54) is 15.6 Å². The third-order valence-electron chi connectivity index (χ3n) is 2.44. The highest BCUT2D eigenvalue weighted by Gasteiger charge is 2.03. The molecule has 0 radical (unpaired) electrons. The average molecular weight is 241 g/mol. The van der Waals surface area contributed by atoms with E-state index >= 15 is 0 Å². The van der Waals surface area contributed by atoms with Gasteiger partial charge < -0.3 is 4.74 Å². The van der Waals surface area contributed by atoms with E-state index in [-0.39, 0.29) is 11.7 Å². The Bertz CT molecular complexity index is 408. The van der Waals surface area contributed by atoms with E-state index in [1.807, 2.05) is 0 Å². The van der Waals surface area contributed by atoms with Crippen molar-refractivity contribution in [2.75, 3.05) is 6.61 Å². The van der Waals surface area contributed by atoms with Crippen LogP contribution in [0.4, 0.5) is 0 Å². The third kappa shape index (κ3) is 4.42. The summed E-state index contributed by atoms with van der Waals surface area (Å²) >= 11 is 0. The van der Waals surface area contributed by atoms with Crippen molar-refractivity contribution in [2.45, 2.75) is 39.2 Å². The van der Waals surface area contributed by atoms with Crippen molar-refractivity contribution in [1.82, 2.24) is 14.3 Å². The van der Waals surface area contributed by atoms with Gasteiger partial charge in [-0.3, -0.25) is 9.36 Å². The molecule has 0 unspecified atom stereocenters. The van der Waals surface area contributed by atoms with Crippen molar-refractivity contribution in [3.05, 3.63) is 16.8 Å². The molecule has 0 amide bonds. The van der Waals surface area contributed by atoms with Crippen molar-refractivity contribution in [3.63, 3.8) is 0 Å². The molecule has 6 nitrogen and oxygen atoms in total. The summed E-state index contributed by atoms with van der Waals surface area (Å²) in [6.45, 7) is 2.83. The van der Waals surface area contributed by atoms with Crippen LogP contribution >= 0.6 is 0 Å². The monoisotopic (exact) mass is 241 g/mol. The van der Waals surface area contributed by atoms with Gasteiger partial charge in [-0.2, -0.15) is 5.10 Å². The summed E-state index contributed by atoms with van der Waals surface area (Å²) in [5.74, 6) is -0.150. The van der Waals surface area contributed by atoms with Gasteiger partial charge in [0.05, 0.1) is 6.61 Å². The molecule has 0 N–H and O–H groups in total. The molecule has 0 aliphatic carbocycles. The number of carbonyl (C=O) groups is 1. The lowest BCUT2D eigenvalue weighted by Gasteiger charge is -2.02. The van der Waals surface area contributed by atoms with Crippen molar-refractivity contribution in [2.24, 2.45) is 7.05 Å². The second-order valence-corrected chi connectivity index (χ2v) is 3.86. The van der Waals surface area contributed by atoms with Crippen LogP contribution in [0.5, 0.6) is 0 Å². The number of hydrogen-bond donors (Lipinski definition) is 0. The number of unbranched alkanes of at least 4 members (excludes halogenated alkanes) is 2. The molecule has 1 aromatic rings. The molecule has 17 heavy (non-hydrogen) atoms. The molecular formula is C11H19N3O3.